The Morgan fingerprint density at radius 2 is 1.30 bits per heavy atom. The lowest BCUT2D eigenvalue weighted by atomic mass is 9.96. The number of hydrogen-bond acceptors (Lipinski definition) is 5. The van der Waals surface area contributed by atoms with E-state index in [1.807, 2.05) is 35.6 Å². The van der Waals surface area contributed by atoms with Crippen molar-refractivity contribution < 1.29 is 4.42 Å². The molecule has 12 rings (SSSR count). The Morgan fingerprint density at radius 3 is 2.11 bits per heavy atom. The number of nitrogens with one attached hydrogen (secondary N) is 1. The van der Waals surface area contributed by atoms with Crippen molar-refractivity contribution in [1.82, 2.24) is 9.88 Å². The van der Waals surface area contributed by atoms with Crippen molar-refractivity contribution in [2.45, 2.75) is 19.0 Å². The van der Waals surface area contributed by atoms with Gasteiger partial charge >= 0.3 is 0 Å². The van der Waals surface area contributed by atoms with Crippen LogP contribution in [0.2, 0.25) is 0 Å². The molecule has 0 spiro atoms. The molecule has 7 aromatic carbocycles. The molecule has 1 aliphatic heterocycles. The summed E-state index contributed by atoms with van der Waals surface area (Å²) in [7, 11) is 0. The first kappa shape index (κ1) is 32.2. The van der Waals surface area contributed by atoms with Crippen LogP contribution in [0.25, 0.3) is 75.8 Å². The first-order valence-corrected chi connectivity index (χ1v) is 20.3. The normalized spacial score (nSPS) is 15.5. The number of fused-ring (bicyclic) bond motifs is 9. The summed E-state index contributed by atoms with van der Waals surface area (Å²) in [6.07, 6.45) is 3.91. The highest BCUT2D eigenvalue weighted by molar-refractivity contribution is 7.25. The van der Waals surface area contributed by atoms with Crippen LogP contribution < -0.4 is 5.32 Å². The van der Waals surface area contributed by atoms with E-state index in [1.165, 1.54) is 58.6 Å². The van der Waals surface area contributed by atoms with Gasteiger partial charge in [0.05, 0.1) is 11.0 Å². The summed E-state index contributed by atoms with van der Waals surface area (Å²) in [6.45, 7) is 0. The smallest absolute Gasteiger partial charge is 0.159 e. The van der Waals surface area contributed by atoms with E-state index in [0.29, 0.717) is 0 Å². The van der Waals surface area contributed by atoms with Gasteiger partial charge in [0.15, 0.2) is 5.84 Å². The van der Waals surface area contributed by atoms with E-state index < -0.39 is 0 Å². The summed E-state index contributed by atoms with van der Waals surface area (Å²) in [5.41, 5.74) is 11.4. The summed E-state index contributed by atoms with van der Waals surface area (Å²) in [4.78, 5) is 10.1. The van der Waals surface area contributed by atoms with Gasteiger partial charge in [0.1, 0.15) is 23.3 Å². The molecule has 3 aromatic heterocycles. The Bertz CT molecular complexity index is 3270. The molecule has 0 saturated carbocycles. The van der Waals surface area contributed by atoms with Gasteiger partial charge in [-0.3, -0.25) is 0 Å². The van der Waals surface area contributed by atoms with E-state index in [-0.39, 0.29) is 6.17 Å². The predicted molar refractivity (Wildman–Crippen MR) is 238 cm³/mol. The summed E-state index contributed by atoms with van der Waals surface area (Å²) in [5.74, 6) is 2.51. The number of aliphatic imine (C=N–C) groups is 2. The lowest BCUT2D eigenvalue weighted by molar-refractivity contribution is 0.596. The third-order valence-electron chi connectivity index (χ3n) is 11.6. The molecular weight excluding hydrogens is 717 g/mol. The van der Waals surface area contributed by atoms with Gasteiger partial charge < -0.3 is 14.3 Å². The van der Waals surface area contributed by atoms with Crippen molar-refractivity contribution >= 4 is 87.7 Å². The number of amidine groups is 2. The second-order valence-corrected chi connectivity index (χ2v) is 16.0. The molecule has 6 heteroatoms. The highest BCUT2D eigenvalue weighted by Gasteiger charge is 2.24. The minimum Gasteiger partial charge on any atom is -0.456 e. The quantitative estimate of drug-likeness (QED) is 0.190. The lowest BCUT2D eigenvalue weighted by Gasteiger charge is -2.23. The van der Waals surface area contributed by atoms with Gasteiger partial charge in [-0.2, -0.15) is 0 Å². The Labute approximate surface area is 332 Å². The van der Waals surface area contributed by atoms with Crippen LogP contribution in [0.3, 0.4) is 0 Å². The Morgan fingerprint density at radius 1 is 0.579 bits per heavy atom. The van der Waals surface area contributed by atoms with E-state index in [0.717, 1.165) is 63.7 Å². The standard InChI is InChI=1S/C51H34N4OS/c1-3-12-31(13-4-1)49-52-50(32-14-5-2-6-15-32)54-51(53-49)34-23-27-46-42(28-34)40-25-22-33(29-47(40)57-46)36-18-11-19-41-39-26-24-35(30-45(39)56-48(36)41)55-43-20-9-7-16-37(43)38-17-8-10-21-44(38)55/h1-23,25,27-30,49H,24,26H2,(H,52,53,54). The van der Waals surface area contributed by atoms with Crippen LogP contribution in [0.5, 0.6) is 0 Å². The first-order chi connectivity index (χ1) is 28.2. The molecule has 1 N–H and O–H groups in total. The molecule has 0 fully saturated rings. The summed E-state index contributed by atoms with van der Waals surface area (Å²) < 4.78 is 11.8. The second-order valence-electron chi connectivity index (χ2n) is 14.9. The fourth-order valence-electron chi connectivity index (χ4n) is 8.89. The molecule has 0 bridgehead atoms. The third kappa shape index (κ3) is 5.21. The number of benzene rings is 7. The minimum atomic E-state index is -0.239. The zero-order chi connectivity index (χ0) is 37.5. The van der Waals surface area contributed by atoms with Gasteiger partial charge in [-0.05, 0) is 60.4 Å². The maximum atomic E-state index is 6.85. The molecule has 0 saturated heterocycles. The number of thiophene rings is 1. The molecule has 0 radical (unpaired) electrons. The number of allylic oxidation sites excluding steroid dienone is 1. The van der Waals surface area contributed by atoms with E-state index >= 15 is 0 Å². The lowest BCUT2D eigenvalue weighted by Crippen LogP contribution is -2.33. The minimum absolute atomic E-state index is 0.239. The van der Waals surface area contributed by atoms with Gasteiger partial charge in [-0.1, -0.05) is 127 Å². The number of para-hydroxylation sites is 3. The zero-order valence-corrected chi connectivity index (χ0v) is 31.6. The third-order valence-corrected chi connectivity index (χ3v) is 12.7. The molecule has 4 heterocycles. The molecule has 1 atom stereocenters. The summed E-state index contributed by atoms with van der Waals surface area (Å²) in [6, 6.07) is 58.2. The molecular formula is C51H34N4OS. The largest absolute Gasteiger partial charge is 0.456 e. The molecule has 270 valence electrons. The number of aromatic nitrogens is 1. The van der Waals surface area contributed by atoms with Crippen LogP contribution in [0.15, 0.2) is 178 Å². The number of aryl methyl sites for hydroxylation is 1. The average Bonchev–Trinajstić information content (AvgIpc) is 3.95. The van der Waals surface area contributed by atoms with Gasteiger partial charge in [0.25, 0.3) is 0 Å². The van der Waals surface area contributed by atoms with E-state index in [4.69, 9.17) is 14.4 Å². The summed E-state index contributed by atoms with van der Waals surface area (Å²) in [5, 5.41) is 9.85. The van der Waals surface area contributed by atoms with E-state index in [1.54, 1.807) is 0 Å². The zero-order valence-electron chi connectivity index (χ0n) is 30.8. The van der Waals surface area contributed by atoms with Crippen LogP contribution in [0, 0.1) is 0 Å². The topological polar surface area (TPSA) is 54.8 Å². The number of hydrogen-bond donors (Lipinski definition) is 1. The fourth-order valence-corrected chi connectivity index (χ4v) is 10.0. The van der Waals surface area contributed by atoms with Crippen molar-refractivity contribution in [2.75, 3.05) is 0 Å². The number of furan rings is 1. The molecule has 5 nitrogen and oxygen atoms in total. The van der Waals surface area contributed by atoms with Crippen LogP contribution >= 0.6 is 11.3 Å². The second kappa shape index (κ2) is 12.8. The van der Waals surface area contributed by atoms with E-state index in [9.17, 15) is 0 Å². The van der Waals surface area contributed by atoms with Crippen molar-refractivity contribution in [3.05, 3.63) is 192 Å². The van der Waals surface area contributed by atoms with E-state index in [2.05, 4.69) is 155 Å². The average molecular weight is 751 g/mol. The maximum absolute atomic E-state index is 6.85. The SMILES string of the molecule is C1=C(n2c3ccccc3c3ccccc32)CCc2c1oc1c(-c3ccc4c(c3)sc3ccc(C5=NC(c6ccccc6)=NC(c6ccccc6)N5)cc34)cccc21. The molecule has 57 heavy (non-hydrogen) atoms. The predicted octanol–water partition coefficient (Wildman–Crippen LogP) is 13.0. The van der Waals surface area contributed by atoms with Crippen LogP contribution in [-0.4, -0.2) is 16.2 Å². The fraction of sp³-hybridized carbons (Fsp3) is 0.0588. The van der Waals surface area contributed by atoms with Gasteiger partial charge in [-0.15, -0.1) is 11.3 Å². The van der Waals surface area contributed by atoms with Gasteiger partial charge in [0.2, 0.25) is 0 Å². The van der Waals surface area contributed by atoms with Crippen molar-refractivity contribution in [1.29, 1.82) is 0 Å². The van der Waals surface area contributed by atoms with Gasteiger partial charge in [-0.25, -0.2) is 9.98 Å². The Hall–Kier alpha value is -7.02. The highest BCUT2D eigenvalue weighted by atomic mass is 32.1. The molecule has 0 amide bonds. The number of rotatable bonds is 5. The Kier molecular flexibility index (Phi) is 7.22. The van der Waals surface area contributed by atoms with Crippen LogP contribution in [0.4, 0.5) is 0 Å². The maximum Gasteiger partial charge on any atom is 0.159 e. The van der Waals surface area contributed by atoms with Crippen LogP contribution in [0.1, 0.15) is 40.6 Å². The number of nitrogens with zero attached hydrogens (tertiary/aromatic N) is 3. The monoisotopic (exact) mass is 750 g/mol. The van der Waals surface area contributed by atoms with Gasteiger partial charge in [0, 0.05) is 70.4 Å². The highest BCUT2D eigenvalue weighted by Crippen LogP contribution is 2.43. The summed E-state index contributed by atoms with van der Waals surface area (Å²) >= 11 is 1.83. The molecule has 10 aromatic rings. The van der Waals surface area contributed by atoms with Crippen molar-refractivity contribution in [3.63, 3.8) is 0 Å². The van der Waals surface area contributed by atoms with Crippen molar-refractivity contribution in [2.24, 2.45) is 9.98 Å². The Balaban J connectivity index is 0.922. The molecule has 2 aliphatic rings. The molecule has 1 unspecified atom stereocenters. The van der Waals surface area contributed by atoms with Crippen molar-refractivity contribution in [3.8, 4) is 11.1 Å². The first-order valence-electron chi connectivity index (χ1n) is 19.5. The molecule has 1 aliphatic carbocycles. The van der Waals surface area contributed by atoms with Crippen LogP contribution in [-0.2, 0) is 6.42 Å².